The maximum atomic E-state index is 11.1. The first-order valence-corrected chi connectivity index (χ1v) is 5.60. The first kappa shape index (κ1) is 12.8. The van der Waals surface area contributed by atoms with Crippen molar-refractivity contribution in [3.63, 3.8) is 0 Å². The SMILES string of the molecule is C=CCC(Cc1ccccc1)N(C)C(=O)Cl. The molecule has 1 rings (SSSR count). The van der Waals surface area contributed by atoms with Crippen LogP contribution in [0.1, 0.15) is 12.0 Å². The highest BCUT2D eigenvalue weighted by Crippen LogP contribution is 2.13. The molecule has 1 aromatic rings. The van der Waals surface area contributed by atoms with Gasteiger partial charge in [0.25, 0.3) is 0 Å². The summed E-state index contributed by atoms with van der Waals surface area (Å²) in [7, 11) is 1.71. The van der Waals surface area contributed by atoms with Crippen molar-refractivity contribution in [3.05, 3.63) is 48.6 Å². The average Bonchev–Trinajstić information content (AvgIpc) is 2.29. The van der Waals surface area contributed by atoms with Crippen molar-refractivity contribution in [2.75, 3.05) is 7.05 Å². The van der Waals surface area contributed by atoms with Gasteiger partial charge < -0.3 is 4.90 Å². The Morgan fingerprint density at radius 2 is 2.12 bits per heavy atom. The van der Waals surface area contributed by atoms with E-state index in [-0.39, 0.29) is 6.04 Å². The van der Waals surface area contributed by atoms with Gasteiger partial charge in [-0.1, -0.05) is 36.4 Å². The number of likely N-dealkylation sites (N-methyl/N-ethyl adjacent to an activating group) is 1. The van der Waals surface area contributed by atoms with Crippen LogP contribution in [0.2, 0.25) is 0 Å². The minimum atomic E-state index is -0.428. The lowest BCUT2D eigenvalue weighted by atomic mass is 10.0. The molecule has 0 saturated carbocycles. The Labute approximate surface area is 102 Å². The second kappa shape index (κ2) is 6.33. The Hall–Kier alpha value is -1.28. The molecule has 1 aromatic carbocycles. The van der Waals surface area contributed by atoms with Crippen molar-refractivity contribution in [2.24, 2.45) is 0 Å². The fraction of sp³-hybridized carbons (Fsp3) is 0.308. The maximum absolute atomic E-state index is 11.1. The zero-order chi connectivity index (χ0) is 12.0. The van der Waals surface area contributed by atoms with Crippen molar-refractivity contribution in [1.82, 2.24) is 4.90 Å². The van der Waals surface area contributed by atoms with Crippen molar-refractivity contribution >= 4 is 17.0 Å². The van der Waals surface area contributed by atoms with Crippen LogP contribution in [-0.2, 0) is 6.42 Å². The van der Waals surface area contributed by atoms with Gasteiger partial charge in [-0.2, -0.15) is 0 Å². The van der Waals surface area contributed by atoms with Crippen LogP contribution in [0.25, 0.3) is 0 Å². The van der Waals surface area contributed by atoms with Crippen LogP contribution in [0.5, 0.6) is 0 Å². The number of rotatable bonds is 5. The third kappa shape index (κ3) is 3.70. The Kier molecular flexibility index (Phi) is 5.06. The zero-order valence-corrected chi connectivity index (χ0v) is 10.2. The molecular weight excluding hydrogens is 222 g/mol. The van der Waals surface area contributed by atoms with Gasteiger partial charge in [0.2, 0.25) is 0 Å². The summed E-state index contributed by atoms with van der Waals surface area (Å²) < 4.78 is 0. The van der Waals surface area contributed by atoms with Crippen LogP contribution < -0.4 is 0 Å². The van der Waals surface area contributed by atoms with E-state index < -0.39 is 5.37 Å². The van der Waals surface area contributed by atoms with Crippen LogP contribution in [-0.4, -0.2) is 23.4 Å². The number of hydrogen-bond donors (Lipinski definition) is 0. The number of halogens is 1. The molecule has 0 saturated heterocycles. The molecule has 0 N–H and O–H groups in total. The lowest BCUT2D eigenvalue weighted by Crippen LogP contribution is -2.35. The van der Waals surface area contributed by atoms with Gasteiger partial charge in [-0.25, -0.2) is 0 Å². The quantitative estimate of drug-likeness (QED) is 0.436. The summed E-state index contributed by atoms with van der Waals surface area (Å²) in [5.74, 6) is 0. The number of benzene rings is 1. The smallest absolute Gasteiger partial charge is 0.316 e. The van der Waals surface area contributed by atoms with E-state index in [1.807, 2.05) is 36.4 Å². The second-order valence-electron chi connectivity index (χ2n) is 3.73. The van der Waals surface area contributed by atoms with Gasteiger partial charge in [0, 0.05) is 13.1 Å². The predicted octanol–water partition coefficient (Wildman–Crippen LogP) is 3.46. The summed E-state index contributed by atoms with van der Waals surface area (Å²) in [6.45, 7) is 3.70. The normalized spacial score (nSPS) is 11.9. The molecule has 86 valence electrons. The molecule has 3 heteroatoms. The lowest BCUT2D eigenvalue weighted by Gasteiger charge is -2.25. The molecular formula is C13H16ClNO. The van der Waals surface area contributed by atoms with E-state index in [1.165, 1.54) is 5.56 Å². The lowest BCUT2D eigenvalue weighted by molar-refractivity contribution is 0.213. The molecule has 0 aromatic heterocycles. The summed E-state index contributed by atoms with van der Waals surface area (Å²) in [5.41, 5.74) is 1.19. The molecule has 1 amide bonds. The van der Waals surface area contributed by atoms with Crippen molar-refractivity contribution in [3.8, 4) is 0 Å². The maximum Gasteiger partial charge on any atom is 0.316 e. The molecule has 0 spiro atoms. The first-order chi connectivity index (χ1) is 7.65. The van der Waals surface area contributed by atoms with E-state index >= 15 is 0 Å². The fourth-order valence-electron chi connectivity index (χ4n) is 1.60. The van der Waals surface area contributed by atoms with Gasteiger partial charge in [-0.15, -0.1) is 6.58 Å². The summed E-state index contributed by atoms with van der Waals surface area (Å²) in [6.07, 6.45) is 3.34. The van der Waals surface area contributed by atoms with Gasteiger partial charge in [0.15, 0.2) is 0 Å². The highest BCUT2D eigenvalue weighted by atomic mass is 35.5. The van der Waals surface area contributed by atoms with Gasteiger partial charge in [-0.3, -0.25) is 4.79 Å². The molecule has 16 heavy (non-hydrogen) atoms. The molecule has 2 nitrogen and oxygen atoms in total. The van der Waals surface area contributed by atoms with E-state index in [4.69, 9.17) is 11.6 Å². The predicted molar refractivity (Wildman–Crippen MR) is 67.8 cm³/mol. The standard InChI is InChI=1S/C13H16ClNO/c1-3-7-12(15(2)13(14)16)10-11-8-5-4-6-9-11/h3-6,8-9,12H,1,7,10H2,2H3. The number of hydrogen-bond acceptors (Lipinski definition) is 1. The van der Waals surface area contributed by atoms with E-state index in [2.05, 4.69) is 6.58 Å². The molecule has 0 radical (unpaired) electrons. The van der Waals surface area contributed by atoms with Crippen LogP contribution in [0.4, 0.5) is 4.79 Å². The summed E-state index contributed by atoms with van der Waals surface area (Å²) in [4.78, 5) is 12.7. The summed E-state index contributed by atoms with van der Waals surface area (Å²) >= 11 is 5.48. The number of nitrogens with zero attached hydrogens (tertiary/aromatic N) is 1. The largest absolute Gasteiger partial charge is 0.329 e. The molecule has 1 atom stereocenters. The monoisotopic (exact) mass is 237 g/mol. The van der Waals surface area contributed by atoms with E-state index in [1.54, 1.807) is 11.9 Å². The van der Waals surface area contributed by atoms with Gasteiger partial charge in [-0.05, 0) is 30.0 Å². The Balaban J connectivity index is 2.71. The number of amides is 1. The second-order valence-corrected chi connectivity index (χ2v) is 4.06. The number of carbonyl (C=O) groups is 1. The molecule has 0 aliphatic rings. The van der Waals surface area contributed by atoms with Crippen molar-refractivity contribution in [1.29, 1.82) is 0 Å². The zero-order valence-electron chi connectivity index (χ0n) is 9.40. The van der Waals surface area contributed by atoms with E-state index in [0.717, 1.165) is 12.8 Å². The fourth-order valence-corrected chi connectivity index (χ4v) is 1.74. The molecule has 0 aliphatic carbocycles. The average molecular weight is 238 g/mol. The van der Waals surface area contributed by atoms with E-state index in [0.29, 0.717) is 0 Å². The van der Waals surface area contributed by atoms with Crippen molar-refractivity contribution in [2.45, 2.75) is 18.9 Å². The topological polar surface area (TPSA) is 20.3 Å². The van der Waals surface area contributed by atoms with Gasteiger partial charge >= 0.3 is 5.37 Å². The molecule has 0 heterocycles. The van der Waals surface area contributed by atoms with Crippen molar-refractivity contribution < 1.29 is 4.79 Å². The Morgan fingerprint density at radius 3 is 2.62 bits per heavy atom. The molecule has 0 aliphatic heterocycles. The highest BCUT2D eigenvalue weighted by molar-refractivity contribution is 6.62. The van der Waals surface area contributed by atoms with Crippen LogP contribution in [0.15, 0.2) is 43.0 Å². The summed E-state index contributed by atoms with van der Waals surface area (Å²) in [6, 6.07) is 10.1. The first-order valence-electron chi connectivity index (χ1n) is 5.22. The molecule has 1 unspecified atom stereocenters. The third-order valence-electron chi connectivity index (χ3n) is 2.58. The van der Waals surface area contributed by atoms with Gasteiger partial charge in [0.1, 0.15) is 0 Å². The van der Waals surface area contributed by atoms with E-state index in [9.17, 15) is 4.79 Å². The van der Waals surface area contributed by atoms with Crippen LogP contribution >= 0.6 is 11.6 Å². The third-order valence-corrected chi connectivity index (χ3v) is 2.84. The minimum Gasteiger partial charge on any atom is -0.329 e. The Bertz CT molecular complexity index is 350. The minimum absolute atomic E-state index is 0.0740. The highest BCUT2D eigenvalue weighted by Gasteiger charge is 2.17. The molecule has 0 fully saturated rings. The molecule has 0 bridgehead atoms. The van der Waals surface area contributed by atoms with Crippen LogP contribution in [0, 0.1) is 0 Å². The van der Waals surface area contributed by atoms with Crippen LogP contribution in [0.3, 0.4) is 0 Å². The van der Waals surface area contributed by atoms with Gasteiger partial charge in [0.05, 0.1) is 0 Å². The number of carbonyl (C=O) groups excluding carboxylic acids is 1. The summed E-state index contributed by atoms with van der Waals surface area (Å²) in [5, 5.41) is -0.428. The Morgan fingerprint density at radius 1 is 1.50 bits per heavy atom.